The van der Waals surface area contributed by atoms with Crippen molar-refractivity contribution in [3.63, 3.8) is 0 Å². The maximum atomic E-state index is 12.3. The van der Waals surface area contributed by atoms with Crippen molar-refractivity contribution in [3.05, 3.63) is 28.2 Å². The van der Waals surface area contributed by atoms with E-state index in [0.717, 1.165) is 39.1 Å². The van der Waals surface area contributed by atoms with Crippen LogP contribution >= 0.6 is 0 Å². The summed E-state index contributed by atoms with van der Waals surface area (Å²) in [4.78, 5) is 25.8. The third-order valence-electron chi connectivity index (χ3n) is 4.96. The van der Waals surface area contributed by atoms with E-state index in [4.69, 9.17) is 4.74 Å². The summed E-state index contributed by atoms with van der Waals surface area (Å²) in [5.41, 5.74) is -0.0315. The van der Waals surface area contributed by atoms with Crippen LogP contribution in [0.2, 0.25) is 0 Å². The summed E-state index contributed by atoms with van der Waals surface area (Å²) < 4.78 is 5.47. The molecule has 0 spiro atoms. The molecule has 1 saturated carbocycles. The van der Waals surface area contributed by atoms with E-state index >= 15 is 0 Å². The number of aromatic nitrogens is 2. The van der Waals surface area contributed by atoms with E-state index in [1.54, 1.807) is 0 Å². The van der Waals surface area contributed by atoms with Gasteiger partial charge in [-0.3, -0.25) is 14.5 Å². The minimum absolute atomic E-state index is 0.0277. The molecule has 2 aliphatic rings. The number of ether oxygens (including phenoxy) is 1. The minimum Gasteiger partial charge on any atom is -0.379 e. The van der Waals surface area contributed by atoms with E-state index in [-0.39, 0.29) is 22.7 Å². The smallest absolute Gasteiger partial charge is 0.271 e. The van der Waals surface area contributed by atoms with Crippen LogP contribution in [0.3, 0.4) is 0 Å². The predicted molar refractivity (Wildman–Crippen MR) is 85.4 cm³/mol. The number of hydrogen-bond acceptors (Lipinski definition) is 5. The number of H-pyrrole nitrogens is 1. The molecule has 126 valence electrons. The van der Waals surface area contributed by atoms with E-state index in [0.29, 0.717) is 6.54 Å². The van der Waals surface area contributed by atoms with Crippen molar-refractivity contribution in [2.24, 2.45) is 0 Å². The maximum absolute atomic E-state index is 12.3. The highest BCUT2D eigenvalue weighted by molar-refractivity contribution is 5.92. The van der Waals surface area contributed by atoms with E-state index in [1.807, 2.05) is 0 Å². The van der Waals surface area contributed by atoms with Crippen LogP contribution in [0.4, 0.5) is 0 Å². The van der Waals surface area contributed by atoms with Crippen molar-refractivity contribution in [3.8, 4) is 0 Å². The molecule has 7 nitrogen and oxygen atoms in total. The van der Waals surface area contributed by atoms with Crippen molar-refractivity contribution in [2.45, 2.75) is 37.6 Å². The Bertz CT molecular complexity index is 569. The number of carbonyl (C=O) groups is 1. The highest BCUT2D eigenvalue weighted by atomic mass is 16.5. The largest absolute Gasteiger partial charge is 0.379 e. The molecule has 0 bridgehead atoms. The Morgan fingerprint density at radius 1 is 1.26 bits per heavy atom. The summed E-state index contributed by atoms with van der Waals surface area (Å²) in [5.74, 6) is -0.237. The lowest BCUT2D eigenvalue weighted by Crippen LogP contribution is -2.59. The SMILES string of the molecule is O=C(NCC1(N2CCOCC2)CCCCC1)c1ccc(=O)[nH]n1. The third-order valence-corrected chi connectivity index (χ3v) is 4.96. The lowest BCUT2D eigenvalue weighted by atomic mass is 9.79. The number of nitrogens with one attached hydrogen (secondary N) is 2. The van der Waals surface area contributed by atoms with Crippen molar-refractivity contribution in [2.75, 3.05) is 32.8 Å². The van der Waals surface area contributed by atoms with Gasteiger partial charge in [-0.15, -0.1) is 0 Å². The quantitative estimate of drug-likeness (QED) is 0.845. The zero-order chi connectivity index (χ0) is 16.1. The molecule has 1 amide bonds. The molecular weight excluding hydrogens is 296 g/mol. The van der Waals surface area contributed by atoms with Crippen LogP contribution in [0.5, 0.6) is 0 Å². The number of aromatic amines is 1. The van der Waals surface area contributed by atoms with Gasteiger partial charge in [-0.1, -0.05) is 19.3 Å². The summed E-state index contributed by atoms with van der Waals surface area (Å²) in [6.07, 6.45) is 5.87. The molecule has 1 aliphatic heterocycles. The van der Waals surface area contributed by atoms with Gasteiger partial charge in [-0.25, -0.2) is 5.10 Å². The van der Waals surface area contributed by atoms with Gasteiger partial charge in [-0.2, -0.15) is 5.10 Å². The van der Waals surface area contributed by atoms with Crippen LogP contribution in [0.25, 0.3) is 0 Å². The Labute approximate surface area is 135 Å². The number of rotatable bonds is 4. The van der Waals surface area contributed by atoms with Gasteiger partial charge in [0.25, 0.3) is 11.5 Å². The topological polar surface area (TPSA) is 87.3 Å². The Hall–Kier alpha value is -1.73. The predicted octanol–water partition coefficient (Wildman–Crippen LogP) is 0.535. The first kappa shape index (κ1) is 16.1. The fourth-order valence-electron chi connectivity index (χ4n) is 3.66. The Kier molecular flexibility index (Phi) is 5.07. The third kappa shape index (κ3) is 3.79. The second-order valence-electron chi connectivity index (χ2n) is 6.37. The molecular formula is C16H24N4O3. The molecule has 1 aliphatic carbocycles. The molecule has 1 aromatic rings. The normalized spacial score (nSPS) is 21.7. The van der Waals surface area contributed by atoms with E-state index in [2.05, 4.69) is 20.4 Å². The molecule has 0 aromatic carbocycles. The molecule has 1 saturated heterocycles. The first-order valence-electron chi connectivity index (χ1n) is 8.36. The van der Waals surface area contributed by atoms with E-state index in [1.165, 1.54) is 31.4 Å². The summed E-state index contributed by atoms with van der Waals surface area (Å²) in [6, 6.07) is 2.77. The summed E-state index contributed by atoms with van der Waals surface area (Å²) in [7, 11) is 0. The van der Waals surface area contributed by atoms with Gasteiger partial charge in [0.1, 0.15) is 5.69 Å². The molecule has 2 heterocycles. The standard InChI is InChI=1S/C16H24N4O3/c21-14-5-4-13(18-19-14)15(22)17-12-16(6-2-1-3-7-16)20-8-10-23-11-9-20/h4-5H,1-3,6-12H2,(H,17,22)(H,19,21). The summed E-state index contributed by atoms with van der Waals surface area (Å²) in [5, 5.41) is 9.11. The summed E-state index contributed by atoms with van der Waals surface area (Å²) >= 11 is 0. The lowest BCUT2D eigenvalue weighted by Gasteiger charge is -2.48. The van der Waals surface area contributed by atoms with Gasteiger partial charge in [0.05, 0.1) is 13.2 Å². The molecule has 23 heavy (non-hydrogen) atoms. The number of morpholine rings is 1. The van der Waals surface area contributed by atoms with E-state index < -0.39 is 0 Å². The minimum atomic E-state index is -0.307. The molecule has 0 atom stereocenters. The molecule has 7 heteroatoms. The van der Waals surface area contributed by atoms with Crippen LogP contribution in [-0.4, -0.2) is 59.4 Å². The van der Waals surface area contributed by atoms with Crippen LogP contribution in [0, 0.1) is 0 Å². The second-order valence-corrected chi connectivity index (χ2v) is 6.37. The number of carbonyl (C=O) groups excluding carboxylic acids is 1. The lowest BCUT2D eigenvalue weighted by molar-refractivity contribution is -0.0361. The number of nitrogens with zero attached hydrogens (tertiary/aromatic N) is 2. The average Bonchev–Trinajstić information content (AvgIpc) is 2.62. The molecule has 3 rings (SSSR count). The second kappa shape index (κ2) is 7.23. The maximum Gasteiger partial charge on any atom is 0.271 e. The molecule has 2 fully saturated rings. The van der Waals surface area contributed by atoms with Crippen molar-refractivity contribution < 1.29 is 9.53 Å². The molecule has 0 unspecified atom stereocenters. The zero-order valence-electron chi connectivity index (χ0n) is 13.3. The fourth-order valence-corrected chi connectivity index (χ4v) is 3.66. The van der Waals surface area contributed by atoms with Crippen LogP contribution in [-0.2, 0) is 4.74 Å². The van der Waals surface area contributed by atoms with Crippen molar-refractivity contribution in [1.29, 1.82) is 0 Å². The molecule has 2 N–H and O–H groups in total. The van der Waals surface area contributed by atoms with Crippen LogP contribution < -0.4 is 10.9 Å². The van der Waals surface area contributed by atoms with Crippen LogP contribution in [0.15, 0.2) is 16.9 Å². The average molecular weight is 320 g/mol. The summed E-state index contributed by atoms with van der Waals surface area (Å²) in [6.45, 7) is 3.99. The van der Waals surface area contributed by atoms with Crippen molar-refractivity contribution >= 4 is 5.91 Å². The first-order chi connectivity index (χ1) is 11.2. The Balaban J connectivity index is 1.67. The monoisotopic (exact) mass is 320 g/mol. The number of amides is 1. The van der Waals surface area contributed by atoms with E-state index in [9.17, 15) is 9.59 Å². The molecule has 1 aromatic heterocycles. The van der Waals surface area contributed by atoms with Crippen LogP contribution in [0.1, 0.15) is 42.6 Å². The van der Waals surface area contributed by atoms with Gasteiger partial charge in [0.2, 0.25) is 0 Å². The van der Waals surface area contributed by atoms with Gasteiger partial charge in [0.15, 0.2) is 0 Å². The Morgan fingerprint density at radius 3 is 2.65 bits per heavy atom. The number of hydrogen-bond donors (Lipinski definition) is 2. The Morgan fingerprint density at radius 2 is 2.00 bits per heavy atom. The highest BCUT2D eigenvalue weighted by Crippen LogP contribution is 2.33. The van der Waals surface area contributed by atoms with Crippen molar-refractivity contribution in [1.82, 2.24) is 20.4 Å². The van der Waals surface area contributed by atoms with Gasteiger partial charge in [-0.05, 0) is 18.9 Å². The fraction of sp³-hybridized carbons (Fsp3) is 0.688. The zero-order valence-corrected chi connectivity index (χ0v) is 13.3. The van der Waals surface area contributed by atoms with Gasteiger partial charge in [0, 0.05) is 31.2 Å². The van der Waals surface area contributed by atoms with Gasteiger partial charge >= 0.3 is 0 Å². The highest BCUT2D eigenvalue weighted by Gasteiger charge is 2.38. The first-order valence-corrected chi connectivity index (χ1v) is 8.36. The molecule has 0 radical (unpaired) electrons. The van der Waals surface area contributed by atoms with Gasteiger partial charge < -0.3 is 10.1 Å².